The summed E-state index contributed by atoms with van der Waals surface area (Å²) in [5.74, 6) is 2.61. The Balaban J connectivity index is 1.31. The van der Waals surface area contributed by atoms with Crippen molar-refractivity contribution < 1.29 is 14.3 Å². The highest BCUT2D eigenvalue weighted by Crippen LogP contribution is 2.39. The van der Waals surface area contributed by atoms with Crippen LogP contribution in [0.3, 0.4) is 0 Å². The zero-order valence-electron chi connectivity index (χ0n) is 17.9. The number of para-hydroxylation sites is 1. The van der Waals surface area contributed by atoms with Crippen LogP contribution in [0.5, 0.6) is 5.75 Å². The molecule has 1 saturated heterocycles. The molecule has 0 radical (unpaired) electrons. The lowest BCUT2D eigenvalue weighted by molar-refractivity contribution is -0.000551. The molecule has 3 atom stereocenters. The van der Waals surface area contributed by atoms with Crippen LogP contribution < -0.4 is 20.7 Å². The summed E-state index contributed by atoms with van der Waals surface area (Å²) in [4.78, 5) is 17.8. The third-order valence-electron chi connectivity index (χ3n) is 6.70. The van der Waals surface area contributed by atoms with Crippen LogP contribution in [-0.2, 0) is 11.2 Å². The molecule has 1 aliphatic carbocycles. The highest BCUT2D eigenvalue weighted by Gasteiger charge is 2.46. The van der Waals surface area contributed by atoms with Crippen molar-refractivity contribution in [2.75, 3.05) is 30.9 Å². The summed E-state index contributed by atoms with van der Waals surface area (Å²) in [5.41, 5.74) is 2.99. The second-order valence-corrected chi connectivity index (χ2v) is 8.64. The number of aryl methyl sites for hydroxylation is 1. The Labute approximate surface area is 185 Å². The molecule has 166 valence electrons. The molecule has 1 unspecified atom stereocenters. The molecule has 2 aliphatic heterocycles. The summed E-state index contributed by atoms with van der Waals surface area (Å²) in [6, 6.07) is 8.01. The Bertz CT molecular complexity index is 1190. The van der Waals surface area contributed by atoms with Crippen LogP contribution in [0, 0.1) is 5.92 Å². The summed E-state index contributed by atoms with van der Waals surface area (Å²) < 4.78 is 13.3. The summed E-state index contributed by atoms with van der Waals surface area (Å²) in [7, 11) is 1.82. The minimum absolute atomic E-state index is 0.0584. The predicted octanol–water partition coefficient (Wildman–Crippen LogP) is 2.75. The van der Waals surface area contributed by atoms with Crippen molar-refractivity contribution in [1.82, 2.24) is 19.9 Å². The Morgan fingerprint density at radius 1 is 1.28 bits per heavy atom. The van der Waals surface area contributed by atoms with Gasteiger partial charge in [0.2, 0.25) is 0 Å². The molecule has 1 saturated carbocycles. The Hall–Kier alpha value is -3.33. The van der Waals surface area contributed by atoms with Crippen LogP contribution >= 0.6 is 0 Å². The van der Waals surface area contributed by atoms with Gasteiger partial charge in [-0.2, -0.15) is 9.61 Å². The first-order chi connectivity index (χ1) is 15.7. The van der Waals surface area contributed by atoms with Gasteiger partial charge in [-0.05, 0) is 43.2 Å². The zero-order chi connectivity index (χ0) is 21.7. The first kappa shape index (κ1) is 19.4. The van der Waals surface area contributed by atoms with E-state index in [1.54, 1.807) is 10.7 Å². The average Bonchev–Trinajstić information content (AvgIpc) is 3.40. The number of nitrogens with one attached hydrogen (secondary N) is 3. The number of hydrogen-bond donors (Lipinski definition) is 3. The fourth-order valence-electron chi connectivity index (χ4n) is 4.99. The van der Waals surface area contributed by atoms with Crippen molar-refractivity contribution >= 4 is 28.9 Å². The SMILES string of the molecule is CNc1cc(Nc2cccc3c2OCCC3)nc2c(C(=O)NC3C[C@H]4CCO[C@@H]34)cnn12. The van der Waals surface area contributed by atoms with E-state index in [-0.39, 0.29) is 18.1 Å². The van der Waals surface area contributed by atoms with Gasteiger partial charge in [-0.15, -0.1) is 0 Å². The molecule has 4 heterocycles. The number of aromatic nitrogens is 3. The van der Waals surface area contributed by atoms with E-state index in [2.05, 4.69) is 27.1 Å². The molecule has 2 fully saturated rings. The minimum atomic E-state index is -0.175. The van der Waals surface area contributed by atoms with Gasteiger partial charge >= 0.3 is 0 Å². The molecule has 9 heteroatoms. The topological polar surface area (TPSA) is 102 Å². The van der Waals surface area contributed by atoms with Gasteiger partial charge in [0, 0.05) is 19.7 Å². The van der Waals surface area contributed by atoms with Crippen molar-refractivity contribution in [3.63, 3.8) is 0 Å². The number of ether oxygens (including phenoxy) is 2. The van der Waals surface area contributed by atoms with E-state index in [0.29, 0.717) is 29.6 Å². The lowest BCUT2D eigenvalue weighted by Crippen LogP contribution is -2.54. The number of rotatable bonds is 5. The van der Waals surface area contributed by atoms with Crippen molar-refractivity contribution in [3.8, 4) is 5.75 Å². The fourth-order valence-corrected chi connectivity index (χ4v) is 4.99. The molecule has 0 spiro atoms. The predicted molar refractivity (Wildman–Crippen MR) is 120 cm³/mol. The molecule has 3 aromatic rings. The number of benzene rings is 1. The number of carbonyl (C=O) groups excluding carboxylic acids is 1. The fraction of sp³-hybridized carbons (Fsp3) is 0.435. The van der Waals surface area contributed by atoms with Crippen molar-refractivity contribution in [2.24, 2.45) is 5.92 Å². The van der Waals surface area contributed by atoms with E-state index in [0.717, 1.165) is 49.5 Å². The van der Waals surface area contributed by atoms with E-state index in [4.69, 9.17) is 14.5 Å². The lowest BCUT2D eigenvalue weighted by atomic mass is 9.77. The second kappa shape index (κ2) is 7.67. The summed E-state index contributed by atoms with van der Waals surface area (Å²) in [6.07, 6.45) is 5.79. The minimum Gasteiger partial charge on any atom is -0.491 e. The summed E-state index contributed by atoms with van der Waals surface area (Å²) in [6.45, 7) is 1.49. The number of anilines is 3. The number of carbonyl (C=O) groups is 1. The Morgan fingerprint density at radius 3 is 3.09 bits per heavy atom. The maximum Gasteiger partial charge on any atom is 0.257 e. The van der Waals surface area contributed by atoms with E-state index in [9.17, 15) is 4.79 Å². The first-order valence-corrected chi connectivity index (χ1v) is 11.2. The van der Waals surface area contributed by atoms with E-state index in [1.807, 2.05) is 25.2 Å². The molecule has 3 aliphatic rings. The first-order valence-electron chi connectivity index (χ1n) is 11.2. The molecular formula is C23H26N6O3. The van der Waals surface area contributed by atoms with Gasteiger partial charge in [0.05, 0.1) is 30.6 Å². The third-order valence-corrected chi connectivity index (χ3v) is 6.70. The number of hydrogen-bond acceptors (Lipinski definition) is 7. The molecule has 1 amide bonds. The second-order valence-electron chi connectivity index (χ2n) is 8.64. The Morgan fingerprint density at radius 2 is 2.22 bits per heavy atom. The normalized spacial score (nSPS) is 23.6. The van der Waals surface area contributed by atoms with Gasteiger partial charge in [0.15, 0.2) is 5.65 Å². The van der Waals surface area contributed by atoms with Crippen LogP contribution in [-0.4, -0.2) is 52.9 Å². The summed E-state index contributed by atoms with van der Waals surface area (Å²) in [5, 5.41) is 14.0. The van der Waals surface area contributed by atoms with Crippen molar-refractivity contribution in [1.29, 1.82) is 0 Å². The van der Waals surface area contributed by atoms with Gasteiger partial charge in [-0.25, -0.2) is 4.98 Å². The highest BCUT2D eigenvalue weighted by molar-refractivity contribution is 6.00. The molecule has 9 nitrogen and oxygen atoms in total. The lowest BCUT2D eigenvalue weighted by Gasteiger charge is -2.39. The molecule has 1 aromatic carbocycles. The van der Waals surface area contributed by atoms with E-state index < -0.39 is 0 Å². The van der Waals surface area contributed by atoms with Crippen LogP contribution in [0.25, 0.3) is 5.65 Å². The number of fused-ring (bicyclic) bond motifs is 3. The quantitative estimate of drug-likeness (QED) is 0.568. The highest BCUT2D eigenvalue weighted by atomic mass is 16.5. The molecule has 6 rings (SSSR count). The maximum absolute atomic E-state index is 13.1. The van der Waals surface area contributed by atoms with E-state index in [1.165, 1.54) is 5.56 Å². The standard InChI is InChI=1S/C23H26N6O3/c1-24-19-11-18(26-16-6-2-4-13-5-3-8-31-20(13)16)28-22-15(12-25-29(19)22)23(30)27-17-10-14-7-9-32-21(14)17/h2,4,6,11-12,14,17,21,24H,3,5,7-10H2,1H3,(H,26,28)(H,27,30)/t14-,17?,21-/m1/s1. The van der Waals surface area contributed by atoms with Crippen LogP contribution in [0.1, 0.15) is 35.2 Å². The molecule has 3 N–H and O–H groups in total. The molecule has 32 heavy (non-hydrogen) atoms. The monoisotopic (exact) mass is 434 g/mol. The smallest absolute Gasteiger partial charge is 0.257 e. The molecule has 2 aromatic heterocycles. The van der Waals surface area contributed by atoms with E-state index >= 15 is 0 Å². The van der Waals surface area contributed by atoms with Crippen molar-refractivity contribution in [3.05, 3.63) is 41.6 Å². The van der Waals surface area contributed by atoms with Crippen LogP contribution in [0.4, 0.5) is 17.3 Å². The van der Waals surface area contributed by atoms with Crippen molar-refractivity contribution in [2.45, 2.75) is 37.8 Å². The average molecular weight is 435 g/mol. The number of amides is 1. The van der Waals surface area contributed by atoms with Crippen LogP contribution in [0.15, 0.2) is 30.5 Å². The van der Waals surface area contributed by atoms with Gasteiger partial charge in [0.25, 0.3) is 5.91 Å². The Kier molecular flexibility index (Phi) is 4.64. The van der Waals surface area contributed by atoms with Gasteiger partial charge in [0.1, 0.15) is 22.9 Å². The number of nitrogens with zero attached hydrogens (tertiary/aromatic N) is 3. The molecular weight excluding hydrogens is 408 g/mol. The zero-order valence-corrected chi connectivity index (χ0v) is 17.9. The third kappa shape index (κ3) is 3.15. The van der Waals surface area contributed by atoms with Gasteiger partial charge < -0.3 is 25.4 Å². The largest absolute Gasteiger partial charge is 0.491 e. The van der Waals surface area contributed by atoms with Gasteiger partial charge in [-0.1, -0.05) is 12.1 Å². The molecule has 0 bridgehead atoms. The van der Waals surface area contributed by atoms with Crippen LogP contribution in [0.2, 0.25) is 0 Å². The maximum atomic E-state index is 13.1. The van der Waals surface area contributed by atoms with Gasteiger partial charge in [-0.3, -0.25) is 4.79 Å². The summed E-state index contributed by atoms with van der Waals surface area (Å²) >= 11 is 0.